The molecule has 1 aliphatic carbocycles. The first kappa shape index (κ1) is 14.8. The third kappa shape index (κ3) is 3.20. The van der Waals surface area contributed by atoms with Crippen LogP contribution >= 0.6 is 0 Å². The minimum absolute atomic E-state index is 0.518. The number of aryl methyl sites for hydroxylation is 2. The maximum absolute atomic E-state index is 5.95. The highest BCUT2D eigenvalue weighted by atomic mass is 16.5. The molecule has 2 aliphatic rings. The smallest absolute Gasteiger partial charge is 0.316 e. The van der Waals surface area contributed by atoms with Crippen LogP contribution in [-0.2, 0) is 12.8 Å². The van der Waals surface area contributed by atoms with E-state index in [1.807, 2.05) is 0 Å². The second-order valence-electron chi connectivity index (χ2n) is 6.66. The lowest BCUT2D eigenvalue weighted by Crippen LogP contribution is -2.39. The summed E-state index contributed by atoms with van der Waals surface area (Å²) in [7, 11) is 0. The zero-order valence-electron chi connectivity index (χ0n) is 13.6. The quantitative estimate of drug-likeness (QED) is 0.854. The van der Waals surface area contributed by atoms with Crippen molar-refractivity contribution in [3.8, 4) is 6.01 Å². The Kier molecular flexibility index (Phi) is 4.43. The molecule has 116 valence electrons. The van der Waals surface area contributed by atoms with Gasteiger partial charge in [0, 0.05) is 17.8 Å². The first-order chi connectivity index (χ1) is 10.1. The van der Waals surface area contributed by atoms with Crippen LogP contribution in [0.4, 0.5) is 0 Å². The first-order valence-corrected chi connectivity index (χ1v) is 8.40. The van der Waals surface area contributed by atoms with Gasteiger partial charge in [0.25, 0.3) is 0 Å². The van der Waals surface area contributed by atoms with Gasteiger partial charge in [-0.3, -0.25) is 4.90 Å². The van der Waals surface area contributed by atoms with E-state index in [2.05, 4.69) is 35.6 Å². The fourth-order valence-corrected chi connectivity index (χ4v) is 3.71. The summed E-state index contributed by atoms with van der Waals surface area (Å²) < 4.78 is 5.95. The van der Waals surface area contributed by atoms with E-state index in [9.17, 15) is 0 Å². The van der Waals surface area contributed by atoms with E-state index < -0.39 is 0 Å². The number of hydrogen-bond donors (Lipinski definition) is 0. The van der Waals surface area contributed by atoms with E-state index in [-0.39, 0.29) is 0 Å². The van der Waals surface area contributed by atoms with Gasteiger partial charge in [-0.2, -0.15) is 4.98 Å². The molecule has 0 radical (unpaired) electrons. The van der Waals surface area contributed by atoms with Crippen molar-refractivity contribution in [2.24, 2.45) is 0 Å². The van der Waals surface area contributed by atoms with E-state index in [4.69, 9.17) is 4.74 Å². The molecule has 2 heterocycles. The first-order valence-electron chi connectivity index (χ1n) is 8.40. The molecule has 1 atom stereocenters. The van der Waals surface area contributed by atoms with E-state index in [1.54, 1.807) is 0 Å². The predicted octanol–water partition coefficient (Wildman–Crippen LogP) is 2.92. The Labute approximate surface area is 127 Å². The van der Waals surface area contributed by atoms with Crippen molar-refractivity contribution < 1.29 is 4.74 Å². The van der Waals surface area contributed by atoms with Gasteiger partial charge in [-0.15, -0.1) is 0 Å². The molecule has 1 aromatic rings. The Hall–Kier alpha value is -1.16. The summed E-state index contributed by atoms with van der Waals surface area (Å²) >= 11 is 0. The summed E-state index contributed by atoms with van der Waals surface area (Å²) in [5, 5.41) is 0. The van der Waals surface area contributed by atoms with Gasteiger partial charge in [-0.25, -0.2) is 4.98 Å². The van der Waals surface area contributed by atoms with Crippen LogP contribution in [0.25, 0.3) is 0 Å². The van der Waals surface area contributed by atoms with Gasteiger partial charge in [0.05, 0.1) is 5.69 Å². The molecule has 0 amide bonds. The zero-order valence-corrected chi connectivity index (χ0v) is 13.6. The van der Waals surface area contributed by atoms with Gasteiger partial charge in [0.1, 0.15) is 6.61 Å². The van der Waals surface area contributed by atoms with Crippen molar-refractivity contribution in [2.75, 3.05) is 13.2 Å². The zero-order chi connectivity index (χ0) is 14.8. The monoisotopic (exact) mass is 289 g/mol. The lowest BCUT2D eigenvalue weighted by Gasteiger charge is -2.28. The van der Waals surface area contributed by atoms with Crippen molar-refractivity contribution in [1.29, 1.82) is 0 Å². The Balaban J connectivity index is 1.67. The fraction of sp³-hybridized carbons (Fsp3) is 0.765. The van der Waals surface area contributed by atoms with Crippen molar-refractivity contribution >= 4 is 0 Å². The standard InChI is InChI=1S/C17H27N3O/c1-12(2)20-10-6-7-14(20)11-21-17-18-13(3)15-8-4-5-9-16(15)19-17/h12,14H,4-11H2,1-3H3. The lowest BCUT2D eigenvalue weighted by atomic mass is 9.95. The average molecular weight is 289 g/mol. The highest BCUT2D eigenvalue weighted by Gasteiger charge is 2.27. The van der Waals surface area contributed by atoms with E-state index in [0.29, 0.717) is 18.1 Å². The highest BCUT2D eigenvalue weighted by Crippen LogP contribution is 2.24. The minimum Gasteiger partial charge on any atom is -0.462 e. The highest BCUT2D eigenvalue weighted by molar-refractivity contribution is 5.28. The molecule has 1 aliphatic heterocycles. The molecule has 0 N–H and O–H groups in total. The van der Waals surface area contributed by atoms with E-state index >= 15 is 0 Å². The fourth-order valence-electron chi connectivity index (χ4n) is 3.71. The van der Waals surface area contributed by atoms with Gasteiger partial charge >= 0.3 is 6.01 Å². The molecule has 3 rings (SSSR count). The maximum Gasteiger partial charge on any atom is 0.316 e. The number of hydrogen-bond acceptors (Lipinski definition) is 4. The van der Waals surface area contributed by atoms with Crippen LogP contribution in [0.1, 0.15) is 56.5 Å². The van der Waals surface area contributed by atoms with Gasteiger partial charge in [0.2, 0.25) is 0 Å². The molecule has 0 spiro atoms. The maximum atomic E-state index is 5.95. The summed E-state index contributed by atoms with van der Waals surface area (Å²) in [5.74, 6) is 0. The number of aromatic nitrogens is 2. The van der Waals surface area contributed by atoms with Crippen LogP contribution in [0.3, 0.4) is 0 Å². The Morgan fingerprint density at radius 3 is 2.81 bits per heavy atom. The molecule has 1 unspecified atom stereocenters. The molecule has 1 saturated heterocycles. The third-order valence-electron chi connectivity index (χ3n) is 4.86. The van der Waals surface area contributed by atoms with E-state index in [0.717, 1.165) is 25.1 Å². The van der Waals surface area contributed by atoms with Gasteiger partial charge in [0.15, 0.2) is 0 Å². The van der Waals surface area contributed by atoms with Crippen LogP contribution in [0.15, 0.2) is 0 Å². The normalized spacial score (nSPS) is 22.6. The predicted molar refractivity (Wildman–Crippen MR) is 83.8 cm³/mol. The Bertz CT molecular complexity index is 501. The lowest BCUT2D eigenvalue weighted by molar-refractivity contribution is 0.138. The van der Waals surface area contributed by atoms with Crippen molar-refractivity contribution in [2.45, 2.75) is 71.4 Å². The molecule has 1 aromatic heterocycles. The largest absolute Gasteiger partial charge is 0.462 e. The second kappa shape index (κ2) is 6.30. The number of fused-ring (bicyclic) bond motifs is 1. The van der Waals surface area contributed by atoms with Crippen molar-refractivity contribution in [3.05, 3.63) is 17.0 Å². The number of rotatable bonds is 4. The topological polar surface area (TPSA) is 38.2 Å². The van der Waals surface area contributed by atoms with Crippen LogP contribution in [-0.4, -0.2) is 40.1 Å². The van der Waals surface area contributed by atoms with E-state index in [1.165, 1.54) is 43.5 Å². The van der Waals surface area contributed by atoms with Gasteiger partial charge < -0.3 is 4.74 Å². The molecular weight excluding hydrogens is 262 g/mol. The van der Waals surface area contributed by atoms with Crippen LogP contribution < -0.4 is 4.74 Å². The number of ether oxygens (including phenoxy) is 1. The summed E-state index contributed by atoms with van der Waals surface area (Å²) in [6, 6.07) is 1.70. The summed E-state index contributed by atoms with van der Waals surface area (Å²) in [5.41, 5.74) is 3.69. The molecule has 21 heavy (non-hydrogen) atoms. The summed E-state index contributed by atoms with van der Waals surface area (Å²) in [6.45, 7) is 8.52. The Morgan fingerprint density at radius 2 is 2.00 bits per heavy atom. The van der Waals surface area contributed by atoms with Gasteiger partial charge in [-0.05, 0) is 71.4 Å². The molecule has 0 bridgehead atoms. The molecule has 4 nitrogen and oxygen atoms in total. The van der Waals surface area contributed by atoms with Gasteiger partial charge in [-0.1, -0.05) is 0 Å². The van der Waals surface area contributed by atoms with Crippen molar-refractivity contribution in [3.63, 3.8) is 0 Å². The minimum atomic E-state index is 0.518. The Morgan fingerprint density at radius 1 is 1.19 bits per heavy atom. The SMILES string of the molecule is Cc1nc(OCC2CCCN2C(C)C)nc2c1CCCC2. The molecule has 1 fully saturated rings. The second-order valence-corrected chi connectivity index (χ2v) is 6.66. The summed E-state index contributed by atoms with van der Waals surface area (Å²) in [4.78, 5) is 11.8. The van der Waals surface area contributed by atoms with Crippen LogP contribution in [0, 0.1) is 6.92 Å². The molecule has 0 aromatic carbocycles. The molecular formula is C17H27N3O. The van der Waals surface area contributed by atoms with Crippen molar-refractivity contribution in [1.82, 2.24) is 14.9 Å². The molecule has 4 heteroatoms. The van der Waals surface area contributed by atoms with Crippen LogP contribution in [0.2, 0.25) is 0 Å². The third-order valence-corrected chi connectivity index (χ3v) is 4.86. The average Bonchev–Trinajstić information content (AvgIpc) is 2.94. The molecule has 0 saturated carbocycles. The van der Waals surface area contributed by atoms with Crippen LogP contribution in [0.5, 0.6) is 6.01 Å². The summed E-state index contributed by atoms with van der Waals surface area (Å²) in [6.07, 6.45) is 7.22. The number of nitrogens with zero attached hydrogens (tertiary/aromatic N) is 3. The number of likely N-dealkylation sites (tertiary alicyclic amines) is 1.